The standard InChI is InChI=1S/C21H20N4O5/c1-13-19(14(2)24(23-13)17-9-5-4-6-10-17)21(27)30-15(3)20(26)22-16-8-7-11-18(12-16)25(28)29/h4-12,15H,1-3H3,(H,22,26). The average Bonchev–Trinajstić information content (AvgIpc) is 3.02. The normalized spacial score (nSPS) is 11.6. The number of anilines is 1. The van der Waals surface area contributed by atoms with E-state index in [2.05, 4.69) is 10.4 Å². The van der Waals surface area contributed by atoms with Crippen molar-refractivity contribution in [3.8, 4) is 5.69 Å². The summed E-state index contributed by atoms with van der Waals surface area (Å²) in [5.41, 5.74) is 2.24. The molecule has 154 valence electrons. The zero-order valence-electron chi connectivity index (χ0n) is 16.7. The number of nitro groups is 1. The summed E-state index contributed by atoms with van der Waals surface area (Å²) in [5.74, 6) is -1.27. The number of carbonyl (C=O) groups is 2. The molecule has 1 N–H and O–H groups in total. The molecule has 1 unspecified atom stereocenters. The second-order valence-electron chi connectivity index (χ2n) is 6.64. The van der Waals surface area contributed by atoms with E-state index in [0.29, 0.717) is 11.4 Å². The fourth-order valence-corrected chi connectivity index (χ4v) is 2.97. The molecule has 1 atom stereocenters. The number of non-ortho nitro benzene ring substituents is 1. The molecule has 1 heterocycles. The quantitative estimate of drug-likeness (QED) is 0.379. The molecule has 0 saturated carbocycles. The lowest BCUT2D eigenvalue weighted by atomic mass is 10.2. The fraction of sp³-hybridized carbons (Fsp3) is 0.190. The first kappa shape index (κ1) is 20.7. The van der Waals surface area contributed by atoms with Gasteiger partial charge in [-0.15, -0.1) is 0 Å². The third kappa shape index (κ3) is 4.35. The number of para-hydroxylation sites is 1. The third-order valence-corrected chi connectivity index (χ3v) is 4.47. The molecule has 0 aliphatic carbocycles. The van der Waals surface area contributed by atoms with E-state index in [1.807, 2.05) is 30.3 Å². The van der Waals surface area contributed by atoms with E-state index in [1.165, 1.54) is 31.2 Å². The van der Waals surface area contributed by atoms with Gasteiger partial charge in [-0.05, 0) is 39.0 Å². The van der Waals surface area contributed by atoms with Crippen LogP contribution in [0.4, 0.5) is 11.4 Å². The molecule has 0 spiro atoms. The number of nitro benzene ring substituents is 1. The second-order valence-corrected chi connectivity index (χ2v) is 6.64. The molecule has 0 aliphatic rings. The van der Waals surface area contributed by atoms with Crippen LogP contribution in [-0.4, -0.2) is 32.7 Å². The van der Waals surface area contributed by atoms with Crippen LogP contribution in [-0.2, 0) is 9.53 Å². The minimum atomic E-state index is -1.12. The lowest BCUT2D eigenvalue weighted by Crippen LogP contribution is -2.30. The number of benzene rings is 2. The Kier molecular flexibility index (Phi) is 5.91. The number of amides is 1. The first-order valence-electron chi connectivity index (χ1n) is 9.16. The predicted octanol–water partition coefficient (Wildman–Crippen LogP) is 3.58. The van der Waals surface area contributed by atoms with E-state index in [1.54, 1.807) is 18.5 Å². The molecule has 3 aromatic rings. The van der Waals surface area contributed by atoms with Gasteiger partial charge in [0.25, 0.3) is 11.6 Å². The maximum atomic E-state index is 12.7. The minimum absolute atomic E-state index is 0.156. The zero-order valence-corrected chi connectivity index (χ0v) is 16.7. The van der Waals surface area contributed by atoms with Crippen molar-refractivity contribution in [2.75, 3.05) is 5.32 Å². The largest absolute Gasteiger partial charge is 0.449 e. The Labute approximate surface area is 172 Å². The lowest BCUT2D eigenvalue weighted by molar-refractivity contribution is -0.384. The highest BCUT2D eigenvalue weighted by molar-refractivity contribution is 5.98. The van der Waals surface area contributed by atoms with Crippen LogP contribution in [0.15, 0.2) is 54.6 Å². The van der Waals surface area contributed by atoms with E-state index < -0.39 is 22.9 Å². The van der Waals surface area contributed by atoms with E-state index in [-0.39, 0.29) is 16.9 Å². The zero-order chi connectivity index (χ0) is 21.8. The number of nitrogens with one attached hydrogen (secondary N) is 1. The maximum absolute atomic E-state index is 12.7. The van der Waals surface area contributed by atoms with Crippen LogP contribution in [0.3, 0.4) is 0 Å². The number of ether oxygens (including phenoxy) is 1. The van der Waals surface area contributed by atoms with Gasteiger partial charge < -0.3 is 10.1 Å². The third-order valence-electron chi connectivity index (χ3n) is 4.47. The van der Waals surface area contributed by atoms with Crippen LogP contribution < -0.4 is 5.32 Å². The van der Waals surface area contributed by atoms with Gasteiger partial charge in [0.15, 0.2) is 6.10 Å². The van der Waals surface area contributed by atoms with E-state index in [4.69, 9.17) is 4.74 Å². The van der Waals surface area contributed by atoms with Crippen LogP contribution >= 0.6 is 0 Å². The van der Waals surface area contributed by atoms with Gasteiger partial charge in [0, 0.05) is 17.8 Å². The van der Waals surface area contributed by atoms with Crippen LogP contribution in [0.25, 0.3) is 5.69 Å². The molecular formula is C21H20N4O5. The van der Waals surface area contributed by atoms with Crippen molar-refractivity contribution >= 4 is 23.3 Å². The van der Waals surface area contributed by atoms with Crippen molar-refractivity contribution in [1.82, 2.24) is 9.78 Å². The SMILES string of the molecule is Cc1nn(-c2ccccc2)c(C)c1C(=O)OC(C)C(=O)Nc1cccc([N+](=O)[O-])c1. The lowest BCUT2D eigenvalue weighted by Gasteiger charge is -2.14. The molecule has 1 aromatic heterocycles. The van der Waals surface area contributed by atoms with Crippen LogP contribution in [0.2, 0.25) is 0 Å². The van der Waals surface area contributed by atoms with Crippen molar-refractivity contribution < 1.29 is 19.2 Å². The van der Waals surface area contributed by atoms with Crippen molar-refractivity contribution in [1.29, 1.82) is 0 Å². The second kappa shape index (κ2) is 8.56. The summed E-state index contributed by atoms with van der Waals surface area (Å²) >= 11 is 0. The van der Waals surface area contributed by atoms with E-state index >= 15 is 0 Å². The molecular weight excluding hydrogens is 388 g/mol. The number of nitrogens with zero attached hydrogens (tertiary/aromatic N) is 3. The highest BCUT2D eigenvalue weighted by Gasteiger charge is 2.25. The Morgan fingerprint density at radius 3 is 2.50 bits per heavy atom. The number of esters is 1. The van der Waals surface area contributed by atoms with E-state index in [9.17, 15) is 19.7 Å². The van der Waals surface area contributed by atoms with Crippen LogP contribution in [0.5, 0.6) is 0 Å². The van der Waals surface area contributed by atoms with Crippen LogP contribution in [0, 0.1) is 24.0 Å². The molecule has 2 aromatic carbocycles. The van der Waals surface area contributed by atoms with Crippen molar-refractivity contribution in [3.63, 3.8) is 0 Å². The highest BCUT2D eigenvalue weighted by atomic mass is 16.6. The van der Waals surface area contributed by atoms with Gasteiger partial charge in [0.1, 0.15) is 5.56 Å². The topological polar surface area (TPSA) is 116 Å². The fourth-order valence-electron chi connectivity index (χ4n) is 2.97. The van der Waals surface area contributed by atoms with Gasteiger partial charge in [-0.1, -0.05) is 24.3 Å². The minimum Gasteiger partial charge on any atom is -0.449 e. The molecule has 0 bridgehead atoms. The van der Waals surface area contributed by atoms with Crippen molar-refractivity contribution in [2.24, 2.45) is 0 Å². The molecule has 0 aliphatic heterocycles. The number of aromatic nitrogens is 2. The molecule has 9 heteroatoms. The Balaban J connectivity index is 1.73. The van der Waals surface area contributed by atoms with Crippen molar-refractivity contribution in [3.05, 3.63) is 81.7 Å². The molecule has 0 saturated heterocycles. The number of hydrogen-bond acceptors (Lipinski definition) is 6. The van der Waals surface area contributed by atoms with Gasteiger partial charge in [-0.3, -0.25) is 14.9 Å². The first-order chi connectivity index (χ1) is 14.3. The van der Waals surface area contributed by atoms with Crippen molar-refractivity contribution in [2.45, 2.75) is 26.9 Å². The number of hydrogen-bond donors (Lipinski definition) is 1. The van der Waals surface area contributed by atoms with Gasteiger partial charge in [0.2, 0.25) is 0 Å². The summed E-state index contributed by atoms with van der Waals surface area (Å²) in [7, 11) is 0. The first-order valence-corrected chi connectivity index (χ1v) is 9.16. The molecule has 9 nitrogen and oxygen atoms in total. The summed E-state index contributed by atoms with van der Waals surface area (Å²) in [6.07, 6.45) is -1.12. The Morgan fingerprint density at radius 1 is 1.13 bits per heavy atom. The van der Waals surface area contributed by atoms with Gasteiger partial charge in [-0.2, -0.15) is 5.10 Å². The highest BCUT2D eigenvalue weighted by Crippen LogP contribution is 2.20. The smallest absolute Gasteiger partial charge is 0.342 e. The van der Waals surface area contributed by atoms with Crippen LogP contribution in [0.1, 0.15) is 28.7 Å². The summed E-state index contributed by atoms with van der Waals surface area (Å²) in [6.45, 7) is 4.87. The number of aryl methyl sites for hydroxylation is 1. The summed E-state index contributed by atoms with van der Waals surface area (Å²) in [5, 5.41) is 17.8. The summed E-state index contributed by atoms with van der Waals surface area (Å²) in [4.78, 5) is 35.4. The maximum Gasteiger partial charge on any atom is 0.342 e. The molecule has 0 radical (unpaired) electrons. The van der Waals surface area contributed by atoms with Gasteiger partial charge in [0.05, 0.1) is 22.0 Å². The molecule has 0 fully saturated rings. The molecule has 3 rings (SSSR count). The van der Waals surface area contributed by atoms with Gasteiger partial charge in [-0.25, -0.2) is 9.48 Å². The Hall–Kier alpha value is -4.01. The predicted molar refractivity (Wildman–Crippen MR) is 110 cm³/mol. The number of rotatable bonds is 6. The summed E-state index contributed by atoms with van der Waals surface area (Å²) in [6, 6.07) is 14.8. The molecule has 1 amide bonds. The Morgan fingerprint density at radius 2 is 1.83 bits per heavy atom. The summed E-state index contributed by atoms with van der Waals surface area (Å²) < 4.78 is 6.96. The molecule has 30 heavy (non-hydrogen) atoms. The van der Waals surface area contributed by atoms with E-state index in [0.717, 1.165) is 5.69 Å². The average molecular weight is 408 g/mol. The monoisotopic (exact) mass is 408 g/mol. The Bertz CT molecular complexity index is 1110. The van der Waals surface area contributed by atoms with Gasteiger partial charge >= 0.3 is 5.97 Å². The number of carbonyl (C=O) groups excluding carboxylic acids is 2.